The quantitative estimate of drug-likeness (QED) is 0.623. The maximum atomic E-state index is 11.1. The average molecular weight is 164 g/mol. The van der Waals surface area contributed by atoms with Crippen molar-refractivity contribution in [3.8, 4) is 18.4 Å². The smallest absolute Gasteiger partial charge is 0.238 e. The average Bonchev–Trinajstić information content (AvgIpc) is 2.06. The van der Waals surface area contributed by atoms with Crippen molar-refractivity contribution in [2.24, 2.45) is 5.92 Å². The van der Waals surface area contributed by atoms with E-state index in [1.165, 1.54) is 0 Å². The molecule has 0 rings (SSSR count). The number of carbonyl (C=O) groups excluding carboxylic acids is 1. The van der Waals surface area contributed by atoms with E-state index in [-0.39, 0.29) is 11.9 Å². The van der Waals surface area contributed by atoms with Gasteiger partial charge in [-0.25, -0.2) is 0 Å². The molecule has 0 aliphatic rings. The molecule has 3 nitrogen and oxygen atoms in total. The third kappa shape index (κ3) is 3.07. The van der Waals surface area contributed by atoms with Gasteiger partial charge < -0.3 is 5.32 Å². The Labute approximate surface area is 72.8 Å². The number of hydrogen-bond acceptors (Lipinski definition) is 2. The highest BCUT2D eigenvalue weighted by atomic mass is 16.1. The Balaban J connectivity index is 4.06. The Hall–Kier alpha value is -1.48. The number of amides is 1. The van der Waals surface area contributed by atoms with Gasteiger partial charge in [-0.1, -0.05) is 12.8 Å². The lowest BCUT2D eigenvalue weighted by Crippen LogP contribution is -2.35. The van der Waals surface area contributed by atoms with Gasteiger partial charge in [0.25, 0.3) is 0 Å². The number of terminal acetylenes is 1. The van der Waals surface area contributed by atoms with Crippen molar-refractivity contribution in [2.75, 3.05) is 0 Å². The van der Waals surface area contributed by atoms with E-state index in [9.17, 15) is 4.79 Å². The van der Waals surface area contributed by atoms with Crippen LogP contribution in [0, 0.1) is 29.6 Å². The molecule has 1 amide bonds. The van der Waals surface area contributed by atoms with Gasteiger partial charge in [-0.3, -0.25) is 4.79 Å². The number of nitrogens with one attached hydrogen (secondary N) is 1. The highest BCUT2D eigenvalue weighted by Gasteiger charge is 2.15. The van der Waals surface area contributed by atoms with E-state index in [4.69, 9.17) is 11.7 Å². The summed E-state index contributed by atoms with van der Waals surface area (Å²) in [5, 5.41) is 11.1. The molecule has 1 N–H and O–H groups in total. The first kappa shape index (κ1) is 10.5. The molecule has 0 bridgehead atoms. The first-order valence-electron chi connectivity index (χ1n) is 3.81. The van der Waals surface area contributed by atoms with Crippen LogP contribution in [0.1, 0.15) is 20.3 Å². The first-order chi connectivity index (χ1) is 5.65. The molecule has 0 aromatic rings. The van der Waals surface area contributed by atoms with Crippen molar-refractivity contribution in [3.05, 3.63) is 0 Å². The van der Waals surface area contributed by atoms with Crippen molar-refractivity contribution in [2.45, 2.75) is 26.3 Å². The monoisotopic (exact) mass is 164 g/mol. The molecule has 2 unspecified atom stereocenters. The molecule has 0 radical (unpaired) electrons. The normalized spacial score (nSPS) is 13.7. The van der Waals surface area contributed by atoms with Crippen LogP contribution in [0.25, 0.3) is 0 Å². The third-order valence-electron chi connectivity index (χ3n) is 1.49. The van der Waals surface area contributed by atoms with Gasteiger partial charge in [0, 0.05) is 0 Å². The fourth-order valence-electron chi connectivity index (χ4n) is 0.691. The summed E-state index contributed by atoms with van der Waals surface area (Å²) in [4.78, 5) is 11.1. The Morgan fingerprint density at radius 3 is 2.67 bits per heavy atom. The number of rotatable bonds is 3. The van der Waals surface area contributed by atoms with Crippen molar-refractivity contribution in [3.63, 3.8) is 0 Å². The molecule has 2 atom stereocenters. The highest BCUT2D eigenvalue weighted by Crippen LogP contribution is 2.00. The summed E-state index contributed by atoms with van der Waals surface area (Å²) in [5.74, 6) is 1.49. The first-order valence-corrected chi connectivity index (χ1v) is 3.81. The van der Waals surface area contributed by atoms with Gasteiger partial charge in [0.2, 0.25) is 5.91 Å². The second-order valence-corrected chi connectivity index (χ2v) is 2.49. The molecular formula is C9H12N2O. The summed E-state index contributed by atoms with van der Waals surface area (Å²) in [5.41, 5.74) is 0. The molecule has 0 fully saturated rings. The van der Waals surface area contributed by atoms with Crippen LogP contribution in [0.4, 0.5) is 0 Å². The molecule has 0 spiro atoms. The largest absolute Gasteiger partial charge is 0.342 e. The second-order valence-electron chi connectivity index (χ2n) is 2.49. The molecule has 12 heavy (non-hydrogen) atoms. The highest BCUT2D eigenvalue weighted by molar-refractivity contribution is 5.81. The fraction of sp³-hybridized carbons (Fsp3) is 0.556. The maximum Gasteiger partial charge on any atom is 0.238 e. The van der Waals surface area contributed by atoms with Crippen LogP contribution in [0.2, 0.25) is 0 Å². The second kappa shape index (κ2) is 5.21. The topological polar surface area (TPSA) is 52.9 Å². The lowest BCUT2D eigenvalue weighted by Gasteiger charge is -2.09. The number of nitrogens with zero attached hydrogens (tertiary/aromatic N) is 1. The summed E-state index contributed by atoms with van der Waals surface area (Å²) >= 11 is 0. The van der Waals surface area contributed by atoms with Gasteiger partial charge in [0.1, 0.15) is 5.92 Å². The van der Waals surface area contributed by atoms with E-state index >= 15 is 0 Å². The van der Waals surface area contributed by atoms with E-state index in [0.29, 0.717) is 6.42 Å². The Morgan fingerprint density at radius 2 is 2.33 bits per heavy atom. The number of nitriles is 1. The van der Waals surface area contributed by atoms with Crippen LogP contribution >= 0.6 is 0 Å². The predicted molar refractivity (Wildman–Crippen MR) is 45.8 cm³/mol. The van der Waals surface area contributed by atoms with E-state index < -0.39 is 5.92 Å². The third-order valence-corrected chi connectivity index (χ3v) is 1.49. The Kier molecular flexibility index (Phi) is 4.57. The maximum absolute atomic E-state index is 11.1. The van der Waals surface area contributed by atoms with Gasteiger partial charge in [-0.15, -0.1) is 6.42 Å². The zero-order valence-electron chi connectivity index (χ0n) is 7.29. The predicted octanol–water partition coefficient (Wildman–Crippen LogP) is 0.674. The molecule has 0 heterocycles. The summed E-state index contributed by atoms with van der Waals surface area (Å²) < 4.78 is 0. The molecule has 0 aliphatic heterocycles. The summed E-state index contributed by atoms with van der Waals surface area (Å²) in [6.45, 7) is 3.48. The Bertz CT molecular complexity index is 234. The molecule has 3 heteroatoms. The lowest BCUT2D eigenvalue weighted by molar-refractivity contribution is -0.123. The van der Waals surface area contributed by atoms with Crippen LogP contribution in [-0.2, 0) is 4.79 Å². The minimum atomic E-state index is -0.583. The summed E-state index contributed by atoms with van der Waals surface area (Å²) in [6.07, 6.45) is 5.57. The molecule has 0 aliphatic carbocycles. The van der Waals surface area contributed by atoms with Gasteiger partial charge >= 0.3 is 0 Å². The molecule has 0 aromatic carbocycles. The molecule has 0 saturated heterocycles. The molecule has 64 valence electrons. The lowest BCUT2D eigenvalue weighted by atomic mass is 10.1. The number of hydrogen-bond donors (Lipinski definition) is 1. The van der Waals surface area contributed by atoms with Crippen LogP contribution in [-0.4, -0.2) is 11.9 Å². The fourth-order valence-corrected chi connectivity index (χ4v) is 0.691. The van der Waals surface area contributed by atoms with E-state index in [2.05, 4.69) is 11.2 Å². The van der Waals surface area contributed by atoms with Crippen LogP contribution in [0.3, 0.4) is 0 Å². The van der Waals surface area contributed by atoms with Gasteiger partial charge in [-0.05, 0) is 13.3 Å². The van der Waals surface area contributed by atoms with Crippen molar-refractivity contribution >= 4 is 5.91 Å². The van der Waals surface area contributed by atoms with Crippen LogP contribution in [0.5, 0.6) is 0 Å². The van der Waals surface area contributed by atoms with E-state index in [1.54, 1.807) is 13.8 Å². The standard InChI is InChI=1S/C9H12N2O/c1-4-7(3)11-9(12)8(5-2)6-10/h1,7-8H,5H2,2-3H3,(H,11,12). The van der Waals surface area contributed by atoms with E-state index in [0.717, 1.165) is 0 Å². The molecular weight excluding hydrogens is 152 g/mol. The summed E-state index contributed by atoms with van der Waals surface area (Å²) in [6, 6.07) is 1.59. The minimum absolute atomic E-state index is 0.287. The summed E-state index contributed by atoms with van der Waals surface area (Å²) in [7, 11) is 0. The van der Waals surface area contributed by atoms with Gasteiger partial charge in [0.15, 0.2) is 0 Å². The molecule has 0 aromatic heterocycles. The zero-order valence-corrected chi connectivity index (χ0v) is 7.29. The number of carbonyl (C=O) groups is 1. The van der Waals surface area contributed by atoms with Crippen LogP contribution < -0.4 is 5.32 Å². The Morgan fingerprint density at radius 1 is 1.75 bits per heavy atom. The van der Waals surface area contributed by atoms with Crippen LogP contribution in [0.15, 0.2) is 0 Å². The van der Waals surface area contributed by atoms with Gasteiger partial charge in [0.05, 0.1) is 12.1 Å². The SMILES string of the molecule is C#CC(C)NC(=O)C(C#N)CC. The minimum Gasteiger partial charge on any atom is -0.342 e. The zero-order chi connectivity index (χ0) is 9.56. The van der Waals surface area contributed by atoms with Crippen molar-refractivity contribution in [1.82, 2.24) is 5.32 Å². The van der Waals surface area contributed by atoms with E-state index in [1.807, 2.05) is 6.07 Å². The van der Waals surface area contributed by atoms with Gasteiger partial charge in [-0.2, -0.15) is 5.26 Å². The van der Waals surface area contributed by atoms with Crippen molar-refractivity contribution < 1.29 is 4.79 Å². The molecule has 0 saturated carbocycles. The van der Waals surface area contributed by atoms with Crippen molar-refractivity contribution in [1.29, 1.82) is 5.26 Å².